The summed E-state index contributed by atoms with van der Waals surface area (Å²) in [4.78, 5) is 0. The Kier molecular flexibility index (Phi) is 5.06. The summed E-state index contributed by atoms with van der Waals surface area (Å²) in [6.07, 6.45) is 0.720. The normalized spacial score (nSPS) is 17.2. The van der Waals surface area contributed by atoms with E-state index in [4.69, 9.17) is 10.3 Å². The van der Waals surface area contributed by atoms with Gasteiger partial charge in [0.15, 0.2) is 0 Å². The van der Waals surface area contributed by atoms with Crippen LogP contribution in [0, 0.1) is 0 Å². The Balaban J connectivity index is 3.46. The largest absolute Gasteiger partial charge is 0.330 e. The maximum absolute atomic E-state index is 10.8. The van der Waals surface area contributed by atoms with Gasteiger partial charge in [0.1, 0.15) is 0 Å². The van der Waals surface area contributed by atoms with Crippen LogP contribution >= 0.6 is 8.03 Å². The van der Waals surface area contributed by atoms with Crippen molar-refractivity contribution < 1.29 is 9.09 Å². The summed E-state index contributed by atoms with van der Waals surface area (Å²) in [6, 6.07) is 0. The number of rotatable bonds is 4. The molecule has 0 fully saturated rings. The quantitative estimate of drug-likeness (QED) is 0.614. The van der Waals surface area contributed by atoms with E-state index in [0.29, 0.717) is 6.61 Å². The summed E-state index contributed by atoms with van der Waals surface area (Å²) in [5.74, 6) is -0.255. The molecule has 4 heteroatoms. The third-order valence-electron chi connectivity index (χ3n) is 1.03. The van der Waals surface area contributed by atoms with E-state index in [-0.39, 0.29) is 5.78 Å². The van der Waals surface area contributed by atoms with Gasteiger partial charge in [-0.05, 0) is 13.3 Å². The zero-order chi connectivity index (χ0) is 7.28. The zero-order valence-corrected chi connectivity index (χ0v) is 6.89. The van der Waals surface area contributed by atoms with Crippen LogP contribution in [0.15, 0.2) is 0 Å². The van der Waals surface area contributed by atoms with Crippen LogP contribution in [0.5, 0.6) is 0 Å². The van der Waals surface area contributed by atoms with Crippen molar-refractivity contribution in [2.75, 3.05) is 6.61 Å². The Hall–Kier alpha value is 0.150. The van der Waals surface area contributed by atoms with E-state index in [1.165, 1.54) is 0 Å². The SMILES string of the molecule is CCO[PH](=O)C(N)CC. The Labute approximate surface area is 56.4 Å². The van der Waals surface area contributed by atoms with Crippen LogP contribution in [-0.4, -0.2) is 12.4 Å². The molecule has 0 bridgehead atoms. The van der Waals surface area contributed by atoms with Crippen molar-refractivity contribution in [2.24, 2.45) is 5.73 Å². The molecule has 0 rings (SSSR count). The molecule has 0 amide bonds. The maximum Gasteiger partial charge on any atom is 0.207 e. The highest BCUT2D eigenvalue weighted by Crippen LogP contribution is 2.26. The van der Waals surface area contributed by atoms with E-state index in [9.17, 15) is 4.57 Å². The molecule has 0 heterocycles. The first kappa shape index (κ1) is 9.15. The molecular formula is C5H14NO2P. The first-order chi connectivity index (χ1) is 4.22. The van der Waals surface area contributed by atoms with Gasteiger partial charge in [-0.2, -0.15) is 0 Å². The van der Waals surface area contributed by atoms with Crippen LogP contribution in [0.3, 0.4) is 0 Å². The molecule has 0 radical (unpaired) electrons. The maximum atomic E-state index is 10.8. The minimum Gasteiger partial charge on any atom is -0.330 e. The highest BCUT2D eigenvalue weighted by atomic mass is 31.1. The topological polar surface area (TPSA) is 52.3 Å². The molecule has 2 atom stereocenters. The number of hydrogen-bond acceptors (Lipinski definition) is 3. The van der Waals surface area contributed by atoms with Gasteiger partial charge < -0.3 is 10.3 Å². The molecule has 0 saturated heterocycles. The van der Waals surface area contributed by atoms with Crippen LogP contribution in [-0.2, 0) is 9.09 Å². The smallest absolute Gasteiger partial charge is 0.207 e. The first-order valence-electron chi connectivity index (χ1n) is 3.14. The summed E-state index contributed by atoms with van der Waals surface area (Å²) in [7, 11) is -1.94. The van der Waals surface area contributed by atoms with E-state index in [1.54, 1.807) is 0 Å². The predicted molar refractivity (Wildman–Crippen MR) is 38.9 cm³/mol. The molecule has 0 aromatic rings. The molecular weight excluding hydrogens is 137 g/mol. The summed E-state index contributed by atoms with van der Waals surface area (Å²) in [6.45, 7) is 4.20. The monoisotopic (exact) mass is 151 g/mol. The van der Waals surface area contributed by atoms with Crippen LogP contribution in [0.1, 0.15) is 20.3 Å². The van der Waals surface area contributed by atoms with Gasteiger partial charge in [-0.25, -0.2) is 0 Å². The second kappa shape index (κ2) is 4.98. The van der Waals surface area contributed by atoms with Crippen molar-refractivity contribution in [3.8, 4) is 0 Å². The summed E-state index contributed by atoms with van der Waals surface area (Å²) < 4.78 is 15.6. The van der Waals surface area contributed by atoms with Crippen molar-refractivity contribution in [3.05, 3.63) is 0 Å². The van der Waals surface area contributed by atoms with Gasteiger partial charge in [-0.15, -0.1) is 0 Å². The van der Waals surface area contributed by atoms with Gasteiger partial charge in [0, 0.05) is 0 Å². The highest BCUT2D eigenvalue weighted by molar-refractivity contribution is 7.39. The van der Waals surface area contributed by atoms with Crippen molar-refractivity contribution in [2.45, 2.75) is 26.1 Å². The van der Waals surface area contributed by atoms with Gasteiger partial charge in [-0.3, -0.25) is 4.57 Å². The molecule has 0 saturated carbocycles. The molecule has 3 nitrogen and oxygen atoms in total. The lowest BCUT2D eigenvalue weighted by molar-refractivity contribution is 0.343. The fraction of sp³-hybridized carbons (Fsp3) is 1.00. The van der Waals surface area contributed by atoms with Gasteiger partial charge in [0.05, 0.1) is 12.4 Å². The predicted octanol–water partition coefficient (Wildman–Crippen LogP) is 1.19. The molecule has 0 aromatic heterocycles. The molecule has 9 heavy (non-hydrogen) atoms. The molecule has 2 unspecified atom stereocenters. The second-order valence-corrected chi connectivity index (χ2v) is 3.44. The van der Waals surface area contributed by atoms with Crippen LogP contribution in [0.2, 0.25) is 0 Å². The molecule has 0 spiro atoms. The fourth-order valence-electron chi connectivity index (χ4n) is 0.416. The van der Waals surface area contributed by atoms with E-state index >= 15 is 0 Å². The molecule has 0 aliphatic carbocycles. The lowest BCUT2D eigenvalue weighted by atomic mass is 10.5. The number of nitrogens with two attached hydrogens (primary N) is 1. The zero-order valence-electron chi connectivity index (χ0n) is 5.89. The minimum atomic E-state index is -1.94. The minimum absolute atomic E-state index is 0.255. The molecule has 0 aliphatic heterocycles. The third kappa shape index (κ3) is 3.68. The van der Waals surface area contributed by atoms with Crippen LogP contribution < -0.4 is 5.73 Å². The lowest BCUT2D eigenvalue weighted by Crippen LogP contribution is -2.13. The summed E-state index contributed by atoms with van der Waals surface area (Å²) in [5, 5.41) is 0. The van der Waals surface area contributed by atoms with Crippen LogP contribution in [0.4, 0.5) is 0 Å². The van der Waals surface area contributed by atoms with Gasteiger partial charge >= 0.3 is 0 Å². The Morgan fingerprint density at radius 3 is 2.56 bits per heavy atom. The van der Waals surface area contributed by atoms with Crippen molar-refractivity contribution in [1.29, 1.82) is 0 Å². The molecule has 0 aliphatic rings. The fourth-order valence-corrected chi connectivity index (χ4v) is 1.25. The van der Waals surface area contributed by atoms with Crippen molar-refractivity contribution in [3.63, 3.8) is 0 Å². The average molecular weight is 151 g/mol. The van der Waals surface area contributed by atoms with Gasteiger partial charge in [0.2, 0.25) is 8.03 Å². The molecule has 2 N–H and O–H groups in total. The van der Waals surface area contributed by atoms with E-state index < -0.39 is 8.03 Å². The Bertz CT molecular complexity index is 97.0. The summed E-state index contributed by atoms with van der Waals surface area (Å²) in [5.41, 5.74) is 5.41. The average Bonchev–Trinajstić information content (AvgIpc) is 1.87. The Morgan fingerprint density at radius 1 is 1.67 bits per heavy atom. The van der Waals surface area contributed by atoms with E-state index in [1.807, 2.05) is 13.8 Å². The second-order valence-electron chi connectivity index (χ2n) is 1.77. The highest BCUT2D eigenvalue weighted by Gasteiger charge is 2.06. The summed E-state index contributed by atoms with van der Waals surface area (Å²) >= 11 is 0. The van der Waals surface area contributed by atoms with E-state index in [2.05, 4.69) is 0 Å². The lowest BCUT2D eigenvalue weighted by Gasteiger charge is -2.06. The van der Waals surface area contributed by atoms with Crippen molar-refractivity contribution in [1.82, 2.24) is 0 Å². The van der Waals surface area contributed by atoms with Crippen molar-refractivity contribution >= 4 is 8.03 Å². The van der Waals surface area contributed by atoms with Gasteiger partial charge in [0.25, 0.3) is 0 Å². The van der Waals surface area contributed by atoms with Crippen LogP contribution in [0.25, 0.3) is 0 Å². The molecule has 0 aromatic carbocycles. The number of hydrogen-bond donors (Lipinski definition) is 1. The third-order valence-corrected chi connectivity index (χ3v) is 2.62. The first-order valence-corrected chi connectivity index (χ1v) is 4.54. The van der Waals surface area contributed by atoms with E-state index in [0.717, 1.165) is 6.42 Å². The van der Waals surface area contributed by atoms with Gasteiger partial charge in [-0.1, -0.05) is 6.92 Å². The standard InChI is InChI=1S/C5H14NO2P/c1-3-5(6)9(7)8-4-2/h5,9H,3-4,6H2,1-2H3. The molecule has 56 valence electrons. The Morgan fingerprint density at radius 2 is 2.22 bits per heavy atom.